The predicted octanol–water partition coefficient (Wildman–Crippen LogP) is -1.28. The zero-order valence-electron chi connectivity index (χ0n) is 23.8. The van der Waals surface area contributed by atoms with E-state index in [0.29, 0.717) is 0 Å². The normalized spacial score (nSPS) is 13.8. The van der Waals surface area contributed by atoms with Crippen LogP contribution in [0.3, 0.4) is 0 Å². The molecule has 0 heterocycles. The van der Waals surface area contributed by atoms with Crippen molar-refractivity contribution in [2.75, 3.05) is 92.5 Å². The maximum atomic E-state index is 11.0. The van der Waals surface area contributed by atoms with Crippen molar-refractivity contribution in [2.24, 2.45) is 0 Å². The molecule has 0 aromatic carbocycles. The summed E-state index contributed by atoms with van der Waals surface area (Å²) in [6.07, 6.45) is -0.506. The van der Waals surface area contributed by atoms with E-state index in [1.165, 1.54) is 0 Å². The molecule has 0 bridgehead atoms. The lowest BCUT2D eigenvalue weighted by Gasteiger charge is -2.19. The standard InChI is InChI=1S/C27H44O15/c1-4-25(31)40-16-21(28)13-34-7-9-37-19-24(39-12-11-36-15-23(30)18-42-27(33)6-3)20-38-10-8-35-14-22(29)17-41-26(32)5-2/h4-6,21-24,28-30H,1-3,7-20H2. The predicted molar refractivity (Wildman–Crippen MR) is 145 cm³/mol. The summed E-state index contributed by atoms with van der Waals surface area (Å²) in [6.45, 7) is 10.2. The lowest BCUT2D eigenvalue weighted by molar-refractivity contribution is -0.143. The number of aliphatic hydroxyl groups excluding tert-OH is 3. The summed E-state index contributed by atoms with van der Waals surface area (Å²) < 4.78 is 46.9. The Hall–Kier alpha value is -2.73. The highest BCUT2D eigenvalue weighted by molar-refractivity contribution is 5.81. The van der Waals surface area contributed by atoms with Gasteiger partial charge in [-0.25, -0.2) is 14.4 Å². The quantitative estimate of drug-likeness (QED) is 0.0393. The summed E-state index contributed by atoms with van der Waals surface area (Å²) in [5, 5.41) is 29.2. The van der Waals surface area contributed by atoms with Crippen LogP contribution in [0.5, 0.6) is 0 Å². The maximum absolute atomic E-state index is 11.0. The fourth-order valence-corrected chi connectivity index (χ4v) is 2.60. The maximum Gasteiger partial charge on any atom is 0.330 e. The summed E-state index contributed by atoms with van der Waals surface area (Å²) in [5.74, 6) is -1.93. The number of carbonyl (C=O) groups excluding carboxylic acids is 3. The van der Waals surface area contributed by atoms with Crippen LogP contribution in [-0.4, -0.2) is 150 Å². The van der Waals surface area contributed by atoms with E-state index in [-0.39, 0.29) is 92.5 Å². The Kier molecular flexibility index (Phi) is 25.4. The number of hydrogen-bond donors (Lipinski definition) is 3. The molecule has 15 nitrogen and oxygen atoms in total. The van der Waals surface area contributed by atoms with Gasteiger partial charge in [-0.3, -0.25) is 0 Å². The first-order chi connectivity index (χ1) is 20.2. The fraction of sp³-hybridized carbons (Fsp3) is 0.667. The van der Waals surface area contributed by atoms with Gasteiger partial charge in [0.2, 0.25) is 0 Å². The van der Waals surface area contributed by atoms with Crippen LogP contribution in [0.2, 0.25) is 0 Å². The molecule has 0 aromatic rings. The van der Waals surface area contributed by atoms with Crippen LogP contribution in [0.15, 0.2) is 38.0 Å². The van der Waals surface area contributed by atoms with Gasteiger partial charge in [0.1, 0.15) is 44.2 Å². The second-order valence-corrected chi connectivity index (χ2v) is 8.33. The van der Waals surface area contributed by atoms with E-state index >= 15 is 0 Å². The van der Waals surface area contributed by atoms with Gasteiger partial charge in [0.25, 0.3) is 0 Å². The molecule has 242 valence electrons. The van der Waals surface area contributed by atoms with Crippen LogP contribution in [0, 0.1) is 0 Å². The molecule has 15 heteroatoms. The lowest BCUT2D eigenvalue weighted by Crippen LogP contribution is -2.30. The van der Waals surface area contributed by atoms with Gasteiger partial charge in [-0.05, 0) is 0 Å². The number of ether oxygens (including phenoxy) is 9. The number of esters is 3. The minimum atomic E-state index is -1.00. The molecule has 0 aliphatic rings. The van der Waals surface area contributed by atoms with E-state index in [1.807, 2.05) is 0 Å². The number of rotatable bonds is 29. The first-order valence-corrected chi connectivity index (χ1v) is 13.1. The molecular formula is C27H44O15. The van der Waals surface area contributed by atoms with Crippen molar-refractivity contribution >= 4 is 17.9 Å². The second kappa shape index (κ2) is 27.1. The summed E-state index contributed by atoms with van der Waals surface area (Å²) in [4.78, 5) is 33.0. The van der Waals surface area contributed by atoms with Gasteiger partial charge >= 0.3 is 17.9 Å². The average Bonchev–Trinajstić information content (AvgIpc) is 2.99. The van der Waals surface area contributed by atoms with Gasteiger partial charge in [-0.2, -0.15) is 0 Å². The molecule has 0 spiro atoms. The van der Waals surface area contributed by atoms with Crippen molar-refractivity contribution in [2.45, 2.75) is 24.4 Å². The molecule has 0 aromatic heterocycles. The minimum Gasteiger partial charge on any atom is -0.460 e. The monoisotopic (exact) mass is 608 g/mol. The number of aliphatic hydroxyl groups is 3. The van der Waals surface area contributed by atoms with Gasteiger partial charge in [0.15, 0.2) is 0 Å². The molecule has 0 radical (unpaired) electrons. The first-order valence-electron chi connectivity index (χ1n) is 13.1. The number of carbonyl (C=O) groups is 3. The molecule has 0 rings (SSSR count). The molecule has 0 aliphatic carbocycles. The van der Waals surface area contributed by atoms with Gasteiger partial charge in [-0.15, -0.1) is 0 Å². The van der Waals surface area contributed by atoms with E-state index in [9.17, 15) is 29.7 Å². The third-order valence-electron chi connectivity index (χ3n) is 4.62. The SMILES string of the molecule is C=CC(=O)OCC(O)COCCOCC(COCCOCC(O)COC(=O)C=C)OCCOCC(O)COC(=O)C=C. The van der Waals surface area contributed by atoms with Crippen LogP contribution in [0.4, 0.5) is 0 Å². The van der Waals surface area contributed by atoms with Gasteiger partial charge in [0.05, 0.1) is 72.7 Å². The van der Waals surface area contributed by atoms with Crippen molar-refractivity contribution < 1.29 is 72.3 Å². The Labute approximate surface area is 245 Å². The zero-order chi connectivity index (χ0) is 31.4. The largest absolute Gasteiger partial charge is 0.460 e. The van der Waals surface area contributed by atoms with Crippen LogP contribution in [-0.2, 0) is 57.0 Å². The van der Waals surface area contributed by atoms with Crippen LogP contribution < -0.4 is 0 Å². The first kappa shape index (κ1) is 39.3. The molecular weight excluding hydrogens is 564 g/mol. The van der Waals surface area contributed by atoms with Gasteiger partial charge < -0.3 is 58.0 Å². The molecule has 0 aliphatic heterocycles. The van der Waals surface area contributed by atoms with Crippen molar-refractivity contribution in [3.8, 4) is 0 Å². The number of hydrogen-bond acceptors (Lipinski definition) is 15. The van der Waals surface area contributed by atoms with E-state index in [0.717, 1.165) is 18.2 Å². The minimum absolute atomic E-state index is 0.0574. The van der Waals surface area contributed by atoms with Crippen molar-refractivity contribution in [3.05, 3.63) is 38.0 Å². The molecule has 0 saturated heterocycles. The average molecular weight is 609 g/mol. The Morgan fingerprint density at radius 1 is 0.476 bits per heavy atom. The fourth-order valence-electron chi connectivity index (χ4n) is 2.60. The molecule has 3 unspecified atom stereocenters. The van der Waals surface area contributed by atoms with Crippen molar-refractivity contribution in [1.29, 1.82) is 0 Å². The molecule has 0 saturated carbocycles. The molecule has 42 heavy (non-hydrogen) atoms. The highest BCUT2D eigenvalue weighted by atomic mass is 16.6. The Morgan fingerprint density at radius 2 is 0.762 bits per heavy atom. The summed E-state index contributed by atoms with van der Waals surface area (Å²) in [5.41, 5.74) is 0. The smallest absolute Gasteiger partial charge is 0.330 e. The highest BCUT2D eigenvalue weighted by Crippen LogP contribution is 1.99. The third-order valence-corrected chi connectivity index (χ3v) is 4.62. The molecule has 3 N–H and O–H groups in total. The van der Waals surface area contributed by atoms with E-state index in [4.69, 9.17) is 42.6 Å². The topological polar surface area (TPSA) is 195 Å². The van der Waals surface area contributed by atoms with Crippen LogP contribution >= 0.6 is 0 Å². The zero-order valence-corrected chi connectivity index (χ0v) is 23.8. The molecule has 3 atom stereocenters. The highest BCUT2D eigenvalue weighted by Gasteiger charge is 2.13. The van der Waals surface area contributed by atoms with Crippen molar-refractivity contribution in [3.63, 3.8) is 0 Å². The molecule has 0 amide bonds. The van der Waals surface area contributed by atoms with E-state index < -0.39 is 42.3 Å². The Morgan fingerprint density at radius 3 is 1.07 bits per heavy atom. The summed E-state index contributed by atoms with van der Waals surface area (Å²) >= 11 is 0. The Bertz CT molecular complexity index is 718. The third kappa shape index (κ3) is 25.0. The van der Waals surface area contributed by atoms with Gasteiger partial charge in [0, 0.05) is 18.2 Å². The Balaban J connectivity index is 4.28. The van der Waals surface area contributed by atoms with Gasteiger partial charge in [-0.1, -0.05) is 19.7 Å². The van der Waals surface area contributed by atoms with E-state index in [1.54, 1.807) is 0 Å². The van der Waals surface area contributed by atoms with Crippen molar-refractivity contribution in [1.82, 2.24) is 0 Å². The summed E-state index contributed by atoms with van der Waals surface area (Å²) in [6, 6.07) is 0. The van der Waals surface area contributed by atoms with Crippen LogP contribution in [0.1, 0.15) is 0 Å². The molecule has 0 fully saturated rings. The van der Waals surface area contributed by atoms with E-state index in [2.05, 4.69) is 19.7 Å². The lowest BCUT2D eigenvalue weighted by atomic mass is 10.4. The second-order valence-electron chi connectivity index (χ2n) is 8.33. The summed E-state index contributed by atoms with van der Waals surface area (Å²) in [7, 11) is 0. The van der Waals surface area contributed by atoms with Crippen LogP contribution in [0.25, 0.3) is 0 Å².